The highest BCUT2D eigenvalue weighted by Gasteiger charge is 2.25. The van der Waals surface area contributed by atoms with Crippen molar-refractivity contribution in [2.24, 2.45) is 0 Å². The summed E-state index contributed by atoms with van der Waals surface area (Å²) < 4.78 is 10.2. The van der Waals surface area contributed by atoms with Gasteiger partial charge in [0.15, 0.2) is 5.75 Å². The van der Waals surface area contributed by atoms with Crippen LogP contribution >= 0.6 is 0 Å². The monoisotopic (exact) mass is 368 g/mol. The van der Waals surface area contributed by atoms with E-state index in [1.165, 1.54) is 26.4 Å². The van der Waals surface area contributed by atoms with Crippen LogP contribution in [0, 0.1) is 27.2 Å². The molecule has 0 aliphatic rings. The van der Waals surface area contributed by atoms with Crippen LogP contribution < -0.4 is 9.47 Å². The Morgan fingerprint density at radius 1 is 0.889 bits per heavy atom. The van der Waals surface area contributed by atoms with Crippen molar-refractivity contribution in [2.45, 2.75) is 6.92 Å². The lowest BCUT2D eigenvalue weighted by molar-refractivity contribution is -0.385. The van der Waals surface area contributed by atoms with Gasteiger partial charge in [0, 0.05) is 11.6 Å². The Labute approximate surface area is 154 Å². The molecule has 0 bridgehead atoms. The lowest BCUT2D eigenvalue weighted by Gasteiger charge is -2.11. The van der Waals surface area contributed by atoms with Gasteiger partial charge in [-0.3, -0.25) is 20.2 Å². The van der Waals surface area contributed by atoms with Crippen LogP contribution in [0.5, 0.6) is 11.5 Å². The first-order chi connectivity index (χ1) is 12.9. The fourth-order valence-corrected chi connectivity index (χ4v) is 3.11. The van der Waals surface area contributed by atoms with Crippen molar-refractivity contribution in [1.29, 1.82) is 0 Å². The normalized spacial score (nSPS) is 10.6. The molecule has 8 nitrogen and oxygen atoms in total. The zero-order valence-electron chi connectivity index (χ0n) is 14.9. The summed E-state index contributed by atoms with van der Waals surface area (Å²) in [6.07, 6.45) is 0. The molecule has 0 unspecified atom stereocenters. The van der Waals surface area contributed by atoms with Gasteiger partial charge in [0.25, 0.3) is 5.69 Å². The van der Waals surface area contributed by atoms with E-state index in [4.69, 9.17) is 9.47 Å². The van der Waals surface area contributed by atoms with Crippen LogP contribution in [0.2, 0.25) is 0 Å². The summed E-state index contributed by atoms with van der Waals surface area (Å²) >= 11 is 0. The fourth-order valence-electron chi connectivity index (χ4n) is 3.11. The smallest absolute Gasteiger partial charge is 0.311 e. The van der Waals surface area contributed by atoms with E-state index in [1.54, 1.807) is 37.3 Å². The van der Waals surface area contributed by atoms with Crippen LogP contribution in [-0.4, -0.2) is 24.1 Å². The second-order valence-corrected chi connectivity index (χ2v) is 5.89. The Morgan fingerprint density at radius 2 is 1.56 bits per heavy atom. The second kappa shape index (κ2) is 6.91. The maximum absolute atomic E-state index is 11.7. The number of rotatable bonds is 5. The van der Waals surface area contributed by atoms with E-state index in [1.807, 2.05) is 0 Å². The number of hydrogen-bond donors (Lipinski definition) is 0. The number of nitro groups is 2. The predicted octanol–water partition coefficient (Wildman–Crippen LogP) is 4.65. The molecule has 0 saturated heterocycles. The van der Waals surface area contributed by atoms with E-state index in [-0.39, 0.29) is 17.1 Å². The zero-order chi connectivity index (χ0) is 19.7. The molecule has 0 saturated carbocycles. The number of benzene rings is 3. The van der Waals surface area contributed by atoms with E-state index >= 15 is 0 Å². The molecule has 0 amide bonds. The van der Waals surface area contributed by atoms with Crippen molar-refractivity contribution in [3.8, 4) is 22.6 Å². The van der Waals surface area contributed by atoms with Crippen molar-refractivity contribution in [3.05, 3.63) is 68.3 Å². The minimum atomic E-state index is -0.569. The van der Waals surface area contributed by atoms with Gasteiger partial charge in [0.05, 0.1) is 29.6 Å². The van der Waals surface area contributed by atoms with E-state index in [0.29, 0.717) is 33.2 Å². The van der Waals surface area contributed by atoms with Crippen molar-refractivity contribution in [1.82, 2.24) is 0 Å². The average Bonchev–Trinajstić information content (AvgIpc) is 2.66. The first-order valence-electron chi connectivity index (χ1n) is 7.96. The third-order valence-corrected chi connectivity index (χ3v) is 4.45. The van der Waals surface area contributed by atoms with E-state index in [0.717, 1.165) is 0 Å². The highest BCUT2D eigenvalue weighted by Crippen LogP contribution is 2.41. The molecule has 0 heterocycles. The molecule has 0 spiro atoms. The van der Waals surface area contributed by atoms with Gasteiger partial charge in [-0.25, -0.2) is 0 Å². The van der Waals surface area contributed by atoms with Gasteiger partial charge >= 0.3 is 5.69 Å². The van der Waals surface area contributed by atoms with E-state index < -0.39 is 9.85 Å². The van der Waals surface area contributed by atoms with Crippen molar-refractivity contribution >= 4 is 22.1 Å². The van der Waals surface area contributed by atoms with Gasteiger partial charge in [0.2, 0.25) is 0 Å². The van der Waals surface area contributed by atoms with Gasteiger partial charge in [-0.1, -0.05) is 12.1 Å². The number of hydrogen-bond acceptors (Lipinski definition) is 6. The summed E-state index contributed by atoms with van der Waals surface area (Å²) in [4.78, 5) is 22.0. The van der Waals surface area contributed by atoms with Gasteiger partial charge in [-0.2, -0.15) is 0 Å². The number of aryl methyl sites for hydroxylation is 1. The standard InChI is InChI=1S/C19H16N2O6/c1-11-15-10-17(20(22)23)18(27-3)9-13(15)8-16(19(11)21(24)25)12-4-6-14(26-2)7-5-12/h4-10H,1-3H3. The summed E-state index contributed by atoms with van der Waals surface area (Å²) in [5.41, 5.74) is 1.09. The van der Waals surface area contributed by atoms with E-state index in [2.05, 4.69) is 0 Å². The molecule has 0 aromatic heterocycles. The predicted molar refractivity (Wildman–Crippen MR) is 101 cm³/mol. The quantitative estimate of drug-likeness (QED) is 0.479. The number of nitro benzene ring substituents is 2. The molecular formula is C19H16N2O6. The molecule has 0 fully saturated rings. The minimum absolute atomic E-state index is 0.0906. The average molecular weight is 368 g/mol. The first kappa shape index (κ1) is 18.1. The zero-order valence-corrected chi connectivity index (χ0v) is 14.9. The summed E-state index contributed by atoms with van der Waals surface area (Å²) in [6.45, 7) is 1.59. The van der Waals surface area contributed by atoms with Gasteiger partial charge in [0.1, 0.15) is 5.75 Å². The topological polar surface area (TPSA) is 105 Å². The highest BCUT2D eigenvalue weighted by molar-refractivity contribution is 5.98. The number of ether oxygens (including phenoxy) is 2. The maximum Gasteiger partial charge on any atom is 0.311 e. The molecule has 8 heteroatoms. The van der Waals surface area contributed by atoms with Gasteiger partial charge < -0.3 is 9.47 Å². The molecule has 3 aromatic carbocycles. The molecule has 3 rings (SSSR count). The number of fused-ring (bicyclic) bond motifs is 1. The molecule has 0 N–H and O–H groups in total. The summed E-state index contributed by atoms with van der Waals surface area (Å²) in [6, 6.07) is 11.4. The van der Waals surface area contributed by atoms with Crippen LogP contribution in [0.25, 0.3) is 21.9 Å². The Morgan fingerprint density at radius 3 is 2.07 bits per heavy atom. The maximum atomic E-state index is 11.7. The molecule has 138 valence electrons. The van der Waals surface area contributed by atoms with Crippen LogP contribution in [0.4, 0.5) is 11.4 Å². The van der Waals surface area contributed by atoms with Gasteiger partial charge in [-0.15, -0.1) is 0 Å². The summed E-state index contributed by atoms with van der Waals surface area (Å²) in [5.74, 6) is 0.734. The number of nitrogens with zero attached hydrogens (tertiary/aromatic N) is 2. The Hall–Kier alpha value is -3.68. The fraction of sp³-hybridized carbons (Fsp3) is 0.158. The lowest BCUT2D eigenvalue weighted by atomic mass is 9.94. The molecule has 0 atom stereocenters. The van der Waals surface area contributed by atoms with Crippen molar-refractivity contribution in [3.63, 3.8) is 0 Å². The molecule has 0 aliphatic heterocycles. The minimum Gasteiger partial charge on any atom is -0.497 e. The number of methoxy groups -OCH3 is 2. The highest BCUT2D eigenvalue weighted by atomic mass is 16.6. The third-order valence-electron chi connectivity index (χ3n) is 4.45. The van der Waals surface area contributed by atoms with Crippen molar-refractivity contribution < 1.29 is 19.3 Å². The largest absolute Gasteiger partial charge is 0.497 e. The Bertz CT molecular complexity index is 1060. The van der Waals surface area contributed by atoms with E-state index in [9.17, 15) is 20.2 Å². The van der Waals surface area contributed by atoms with Crippen molar-refractivity contribution in [2.75, 3.05) is 14.2 Å². The first-order valence-corrected chi connectivity index (χ1v) is 7.96. The molecular weight excluding hydrogens is 352 g/mol. The summed E-state index contributed by atoms with van der Waals surface area (Å²) in [5, 5.41) is 24.1. The Balaban J connectivity index is 2.36. The SMILES string of the molecule is COc1ccc(-c2cc3cc(OC)c([N+](=O)[O-])cc3c(C)c2[N+](=O)[O-])cc1. The van der Waals surface area contributed by atoms with Crippen LogP contribution in [0.1, 0.15) is 5.56 Å². The van der Waals surface area contributed by atoms with Gasteiger partial charge in [-0.05, 0) is 47.5 Å². The second-order valence-electron chi connectivity index (χ2n) is 5.89. The lowest BCUT2D eigenvalue weighted by Crippen LogP contribution is -1.99. The third kappa shape index (κ3) is 3.12. The summed E-state index contributed by atoms with van der Waals surface area (Å²) in [7, 11) is 2.88. The van der Waals surface area contributed by atoms with Crippen LogP contribution in [0.3, 0.4) is 0 Å². The van der Waals surface area contributed by atoms with Crippen LogP contribution in [0.15, 0.2) is 42.5 Å². The van der Waals surface area contributed by atoms with Crippen LogP contribution in [-0.2, 0) is 0 Å². The molecule has 0 aliphatic carbocycles. The molecule has 27 heavy (non-hydrogen) atoms. The Kier molecular flexibility index (Phi) is 4.64. The molecule has 3 aromatic rings. The molecule has 0 radical (unpaired) electrons.